The Balaban J connectivity index is 1.61. The second kappa shape index (κ2) is 11.7. The van der Waals surface area contributed by atoms with Gasteiger partial charge in [0.05, 0.1) is 40.2 Å². The molecular weight excluding hydrogens is 508 g/mol. The predicted molar refractivity (Wildman–Crippen MR) is 156 cm³/mol. The Bertz CT molecular complexity index is 1520. The maximum Gasteiger partial charge on any atom is 0.254 e. The topological polar surface area (TPSA) is 107 Å². The summed E-state index contributed by atoms with van der Waals surface area (Å²) in [6.07, 6.45) is 1.52. The van der Waals surface area contributed by atoms with Crippen molar-refractivity contribution in [3.63, 3.8) is 0 Å². The third-order valence-electron chi connectivity index (χ3n) is 6.86. The number of hydrogen-bond acceptors (Lipinski definition) is 6. The van der Waals surface area contributed by atoms with Crippen molar-refractivity contribution in [1.29, 1.82) is 5.26 Å². The number of furan rings is 1. The molecule has 200 valence electrons. The number of rotatable bonds is 7. The summed E-state index contributed by atoms with van der Waals surface area (Å²) in [5.74, 6) is -0.663. The van der Waals surface area contributed by atoms with E-state index in [-0.39, 0.29) is 17.6 Å². The molecule has 2 heterocycles. The second-order valence-corrected chi connectivity index (χ2v) is 10.8. The maximum absolute atomic E-state index is 13.7. The van der Waals surface area contributed by atoms with E-state index in [1.807, 2.05) is 65.0 Å². The highest BCUT2D eigenvalue weighted by Gasteiger charge is 2.36. The van der Waals surface area contributed by atoms with E-state index in [0.29, 0.717) is 27.6 Å². The first-order valence-corrected chi connectivity index (χ1v) is 13.6. The van der Waals surface area contributed by atoms with Crippen LogP contribution < -0.4 is 16.0 Å². The molecule has 0 saturated carbocycles. The number of anilines is 2. The Hall–Kier alpha value is -4.22. The molecule has 8 heteroatoms. The van der Waals surface area contributed by atoms with Crippen LogP contribution in [0.5, 0.6) is 0 Å². The lowest BCUT2D eigenvalue weighted by molar-refractivity contribution is -0.114. The van der Waals surface area contributed by atoms with Crippen LogP contribution in [0.4, 0.5) is 11.4 Å². The van der Waals surface area contributed by atoms with Crippen molar-refractivity contribution in [2.24, 2.45) is 0 Å². The van der Waals surface area contributed by atoms with Crippen LogP contribution in [0.15, 0.2) is 75.0 Å². The molecule has 0 fully saturated rings. The zero-order valence-corrected chi connectivity index (χ0v) is 23.8. The Morgan fingerprint density at radius 3 is 2.36 bits per heavy atom. The maximum atomic E-state index is 13.7. The van der Waals surface area contributed by atoms with Gasteiger partial charge >= 0.3 is 0 Å². The van der Waals surface area contributed by atoms with E-state index in [0.717, 1.165) is 39.2 Å². The summed E-state index contributed by atoms with van der Waals surface area (Å²) >= 11 is 1.22. The molecule has 1 aliphatic heterocycles. The SMILES string of the molecule is CC1=C(C(=O)Nc2c(C)cc(C)cc2C)C(c2ccco2)C(C#N)=C(SCC(=O)Nc2cccc(C)c2C)N1. The third-order valence-corrected chi connectivity index (χ3v) is 7.88. The van der Waals surface area contributed by atoms with Gasteiger partial charge in [-0.15, -0.1) is 0 Å². The fourth-order valence-electron chi connectivity index (χ4n) is 4.84. The van der Waals surface area contributed by atoms with E-state index in [4.69, 9.17) is 4.42 Å². The molecule has 0 bridgehead atoms. The van der Waals surface area contributed by atoms with E-state index in [9.17, 15) is 14.9 Å². The summed E-state index contributed by atoms with van der Waals surface area (Å²) in [6, 6.07) is 15.6. The van der Waals surface area contributed by atoms with Crippen molar-refractivity contribution in [3.05, 3.63) is 104 Å². The molecule has 3 N–H and O–H groups in total. The molecule has 1 aliphatic rings. The van der Waals surface area contributed by atoms with Crippen LogP contribution in [0, 0.1) is 45.9 Å². The Morgan fingerprint density at radius 2 is 1.72 bits per heavy atom. The van der Waals surface area contributed by atoms with Gasteiger partial charge in [0.25, 0.3) is 5.91 Å². The molecule has 0 spiro atoms. The van der Waals surface area contributed by atoms with Crippen molar-refractivity contribution >= 4 is 35.0 Å². The normalized spacial score (nSPS) is 15.1. The molecule has 2 aromatic carbocycles. The zero-order valence-electron chi connectivity index (χ0n) is 23.0. The van der Waals surface area contributed by atoms with E-state index >= 15 is 0 Å². The molecule has 0 saturated heterocycles. The number of thioether (sulfide) groups is 1. The van der Waals surface area contributed by atoms with E-state index in [2.05, 4.69) is 22.0 Å². The van der Waals surface area contributed by atoms with Crippen LogP contribution in [0.1, 0.15) is 46.4 Å². The molecule has 2 amide bonds. The molecular formula is C31H32N4O3S. The highest BCUT2D eigenvalue weighted by molar-refractivity contribution is 8.03. The molecule has 0 aliphatic carbocycles. The Morgan fingerprint density at radius 1 is 1.00 bits per heavy atom. The summed E-state index contributed by atoms with van der Waals surface area (Å²) < 4.78 is 5.71. The van der Waals surface area contributed by atoms with Crippen molar-refractivity contribution in [1.82, 2.24) is 5.32 Å². The van der Waals surface area contributed by atoms with Gasteiger partial charge in [-0.3, -0.25) is 9.59 Å². The lowest BCUT2D eigenvalue weighted by atomic mass is 9.85. The van der Waals surface area contributed by atoms with Gasteiger partial charge in [-0.1, -0.05) is 41.6 Å². The van der Waals surface area contributed by atoms with Crippen LogP contribution in [-0.2, 0) is 9.59 Å². The van der Waals surface area contributed by atoms with Gasteiger partial charge in [-0.05, 0) is 82.0 Å². The molecule has 1 atom stereocenters. The lowest BCUT2D eigenvalue weighted by Crippen LogP contribution is -2.31. The predicted octanol–water partition coefficient (Wildman–Crippen LogP) is 6.53. The van der Waals surface area contributed by atoms with E-state index in [1.165, 1.54) is 18.0 Å². The zero-order chi connectivity index (χ0) is 28.3. The number of hydrogen-bond donors (Lipinski definition) is 3. The van der Waals surface area contributed by atoms with Gasteiger partial charge < -0.3 is 20.4 Å². The molecule has 3 aromatic rings. The first-order valence-electron chi connectivity index (χ1n) is 12.6. The second-order valence-electron chi connectivity index (χ2n) is 9.78. The number of carbonyl (C=O) groups is 2. The standard InChI is InChI=1S/C31H32N4O3S/c1-17-13-19(3)29(20(4)14-17)35-30(37)27-22(6)33-31(23(15-32)28(27)25-11-8-12-38-25)39-16-26(36)34-24-10-7-9-18(2)21(24)5/h7-14,28,33H,16H2,1-6H3,(H,34,36)(H,35,37). The fraction of sp³-hybridized carbons (Fsp3) is 0.258. The fourth-order valence-corrected chi connectivity index (χ4v) is 5.73. The first-order chi connectivity index (χ1) is 18.6. The number of nitrogens with zero attached hydrogens (tertiary/aromatic N) is 1. The van der Waals surface area contributed by atoms with Crippen molar-refractivity contribution in [2.45, 2.75) is 47.5 Å². The van der Waals surface area contributed by atoms with E-state index in [1.54, 1.807) is 19.1 Å². The van der Waals surface area contributed by atoms with Crippen molar-refractivity contribution in [2.75, 3.05) is 16.4 Å². The number of benzene rings is 2. The average molecular weight is 541 g/mol. The number of nitriles is 1. The largest absolute Gasteiger partial charge is 0.468 e. The number of nitrogens with one attached hydrogen (secondary N) is 3. The average Bonchev–Trinajstić information content (AvgIpc) is 3.42. The number of amides is 2. The van der Waals surface area contributed by atoms with Gasteiger partial charge in [0.2, 0.25) is 5.91 Å². The first kappa shape index (κ1) is 27.8. The van der Waals surface area contributed by atoms with Crippen molar-refractivity contribution < 1.29 is 14.0 Å². The summed E-state index contributed by atoms with van der Waals surface area (Å²) in [5.41, 5.74) is 7.94. The molecule has 1 unspecified atom stereocenters. The minimum atomic E-state index is -0.720. The lowest BCUT2D eigenvalue weighted by Gasteiger charge is -2.28. The number of dihydropyridines is 1. The highest BCUT2D eigenvalue weighted by atomic mass is 32.2. The van der Waals surface area contributed by atoms with Crippen LogP contribution in [-0.4, -0.2) is 17.6 Å². The van der Waals surface area contributed by atoms with Crippen LogP contribution in [0.3, 0.4) is 0 Å². The number of aryl methyl sites for hydroxylation is 4. The van der Waals surface area contributed by atoms with E-state index < -0.39 is 5.92 Å². The smallest absolute Gasteiger partial charge is 0.254 e. The minimum absolute atomic E-state index is 0.0857. The minimum Gasteiger partial charge on any atom is -0.468 e. The van der Waals surface area contributed by atoms with Gasteiger partial charge in [0.1, 0.15) is 5.76 Å². The van der Waals surface area contributed by atoms with Crippen LogP contribution >= 0.6 is 11.8 Å². The quantitative estimate of drug-likeness (QED) is 0.315. The number of carbonyl (C=O) groups excluding carboxylic acids is 2. The summed E-state index contributed by atoms with van der Waals surface area (Å²) in [5, 5.41) is 20.0. The monoisotopic (exact) mass is 540 g/mol. The summed E-state index contributed by atoms with van der Waals surface area (Å²) in [4.78, 5) is 26.5. The van der Waals surface area contributed by atoms with Gasteiger partial charge in [0, 0.05) is 17.1 Å². The van der Waals surface area contributed by atoms with Crippen molar-refractivity contribution in [3.8, 4) is 6.07 Å². The van der Waals surface area contributed by atoms with Crippen LogP contribution in [0.25, 0.3) is 0 Å². The molecule has 1 aromatic heterocycles. The summed E-state index contributed by atoms with van der Waals surface area (Å²) in [7, 11) is 0. The molecule has 0 radical (unpaired) electrons. The van der Waals surface area contributed by atoms with Gasteiger partial charge in [0.15, 0.2) is 0 Å². The highest BCUT2D eigenvalue weighted by Crippen LogP contribution is 2.41. The summed E-state index contributed by atoms with van der Waals surface area (Å²) in [6.45, 7) is 11.7. The Labute approximate surface area is 233 Å². The van der Waals surface area contributed by atoms with Crippen LogP contribution in [0.2, 0.25) is 0 Å². The number of allylic oxidation sites excluding steroid dienone is 2. The van der Waals surface area contributed by atoms with Gasteiger partial charge in [-0.25, -0.2) is 0 Å². The molecule has 7 nitrogen and oxygen atoms in total. The molecule has 39 heavy (non-hydrogen) atoms. The Kier molecular flexibility index (Phi) is 8.32. The molecule has 4 rings (SSSR count). The third kappa shape index (κ3) is 5.94. The van der Waals surface area contributed by atoms with Gasteiger partial charge in [-0.2, -0.15) is 5.26 Å².